The summed E-state index contributed by atoms with van der Waals surface area (Å²) < 4.78 is 4.98. The van der Waals surface area contributed by atoms with Crippen LogP contribution in [0.5, 0.6) is 0 Å². The molecule has 0 aliphatic carbocycles. The van der Waals surface area contributed by atoms with Gasteiger partial charge in [-0.15, -0.1) is 0 Å². The molecule has 28 heavy (non-hydrogen) atoms. The second-order valence-corrected chi connectivity index (χ2v) is 6.64. The van der Waals surface area contributed by atoms with Crippen LogP contribution >= 0.6 is 0 Å². The van der Waals surface area contributed by atoms with Crippen molar-refractivity contribution in [2.24, 2.45) is 0 Å². The molecule has 2 aromatic rings. The third-order valence-electron chi connectivity index (χ3n) is 4.73. The first-order valence-corrected chi connectivity index (χ1v) is 9.43. The Morgan fingerprint density at radius 2 is 1.54 bits per heavy atom. The van der Waals surface area contributed by atoms with E-state index in [9.17, 15) is 14.4 Å². The van der Waals surface area contributed by atoms with Crippen molar-refractivity contribution >= 4 is 17.8 Å². The molecule has 0 bridgehead atoms. The molecular formula is C23H23NO4. The second-order valence-electron chi connectivity index (χ2n) is 6.64. The highest BCUT2D eigenvalue weighted by Gasteiger charge is 2.31. The number of benzene rings is 2. The van der Waals surface area contributed by atoms with Gasteiger partial charge in [-0.3, -0.25) is 19.3 Å². The maximum absolute atomic E-state index is 12.1. The summed E-state index contributed by atoms with van der Waals surface area (Å²) in [5.74, 6) is -0.987. The van der Waals surface area contributed by atoms with Gasteiger partial charge in [0.1, 0.15) is 0 Å². The number of amides is 2. The molecule has 0 radical (unpaired) electrons. The van der Waals surface area contributed by atoms with E-state index in [2.05, 4.69) is 0 Å². The Hall–Kier alpha value is -3.21. The van der Waals surface area contributed by atoms with E-state index in [0.29, 0.717) is 19.4 Å². The summed E-state index contributed by atoms with van der Waals surface area (Å²) in [7, 11) is 0. The van der Waals surface area contributed by atoms with Crippen LogP contribution in [0, 0.1) is 0 Å². The molecule has 0 N–H and O–H groups in total. The van der Waals surface area contributed by atoms with E-state index in [1.807, 2.05) is 54.6 Å². The monoisotopic (exact) mass is 377 g/mol. The summed E-state index contributed by atoms with van der Waals surface area (Å²) in [6.45, 7) is 2.06. The van der Waals surface area contributed by atoms with Crippen molar-refractivity contribution in [2.75, 3.05) is 6.61 Å². The predicted molar refractivity (Wildman–Crippen MR) is 106 cm³/mol. The zero-order valence-corrected chi connectivity index (χ0v) is 15.8. The van der Waals surface area contributed by atoms with Gasteiger partial charge < -0.3 is 4.74 Å². The minimum absolute atomic E-state index is 0.164. The van der Waals surface area contributed by atoms with Crippen molar-refractivity contribution in [3.63, 3.8) is 0 Å². The van der Waals surface area contributed by atoms with Gasteiger partial charge in [-0.1, -0.05) is 54.6 Å². The zero-order chi connectivity index (χ0) is 19.9. The number of hydrogen-bond donors (Lipinski definition) is 0. The fourth-order valence-corrected chi connectivity index (χ4v) is 3.35. The van der Waals surface area contributed by atoms with E-state index < -0.39 is 0 Å². The summed E-state index contributed by atoms with van der Waals surface area (Å²) >= 11 is 0. The molecule has 2 amide bonds. The lowest BCUT2D eigenvalue weighted by Gasteiger charge is -2.26. The van der Waals surface area contributed by atoms with Gasteiger partial charge in [0.15, 0.2) is 0 Å². The molecule has 0 aromatic heterocycles. The maximum Gasteiger partial charge on any atom is 0.305 e. The molecule has 0 fully saturated rings. The molecule has 0 saturated heterocycles. The minimum atomic E-state index is -0.387. The standard InChI is InChI=1S/C23H23NO4/c1-2-28-23(27)15-12-20(24-21(25)13-14-22(24)26)16-17-8-10-19(11-9-17)18-6-4-3-5-7-18/h3-11,13-14,20H,2,12,15-16H2,1H3/t20-/m0/s1. The van der Waals surface area contributed by atoms with Crippen LogP contribution in [0.3, 0.4) is 0 Å². The lowest BCUT2D eigenvalue weighted by molar-refractivity contribution is -0.146. The van der Waals surface area contributed by atoms with Crippen LogP contribution in [0.15, 0.2) is 66.7 Å². The molecule has 0 spiro atoms. The molecule has 1 aliphatic heterocycles. The van der Waals surface area contributed by atoms with Crippen LogP contribution < -0.4 is 0 Å². The summed E-state index contributed by atoms with van der Waals surface area (Å²) in [4.78, 5) is 37.2. The van der Waals surface area contributed by atoms with Crippen molar-refractivity contribution in [1.82, 2.24) is 4.90 Å². The molecule has 5 heteroatoms. The van der Waals surface area contributed by atoms with E-state index in [4.69, 9.17) is 4.74 Å². The highest BCUT2D eigenvalue weighted by atomic mass is 16.5. The van der Waals surface area contributed by atoms with E-state index in [1.165, 1.54) is 17.1 Å². The number of esters is 1. The summed E-state index contributed by atoms with van der Waals surface area (Å²) in [5.41, 5.74) is 3.23. The van der Waals surface area contributed by atoms with Crippen LogP contribution in [-0.2, 0) is 25.5 Å². The van der Waals surface area contributed by atoms with Crippen molar-refractivity contribution in [3.8, 4) is 11.1 Å². The molecule has 1 heterocycles. The van der Waals surface area contributed by atoms with E-state index in [1.54, 1.807) is 6.92 Å². The summed E-state index contributed by atoms with van der Waals surface area (Å²) in [5, 5.41) is 0. The maximum atomic E-state index is 12.1. The lowest BCUT2D eigenvalue weighted by atomic mass is 9.97. The number of hydrogen-bond acceptors (Lipinski definition) is 4. The molecule has 144 valence electrons. The first-order valence-electron chi connectivity index (χ1n) is 9.43. The van der Waals surface area contributed by atoms with Gasteiger partial charge >= 0.3 is 5.97 Å². The minimum Gasteiger partial charge on any atom is -0.466 e. The molecule has 2 aromatic carbocycles. The second kappa shape index (κ2) is 9.13. The number of carbonyl (C=O) groups excluding carboxylic acids is 3. The zero-order valence-electron chi connectivity index (χ0n) is 15.8. The quantitative estimate of drug-likeness (QED) is 0.521. The molecule has 5 nitrogen and oxygen atoms in total. The normalized spacial score (nSPS) is 14.4. The Morgan fingerprint density at radius 1 is 0.929 bits per heavy atom. The van der Waals surface area contributed by atoms with Gasteiger partial charge in [0.2, 0.25) is 0 Å². The molecule has 0 saturated carbocycles. The van der Waals surface area contributed by atoms with Crippen LogP contribution in [0.1, 0.15) is 25.3 Å². The van der Waals surface area contributed by atoms with Crippen LogP contribution in [0.2, 0.25) is 0 Å². The van der Waals surface area contributed by atoms with Crippen molar-refractivity contribution in [1.29, 1.82) is 0 Å². The Morgan fingerprint density at radius 3 is 2.14 bits per heavy atom. The summed E-state index contributed by atoms with van der Waals surface area (Å²) in [6, 6.07) is 17.7. The Bertz CT molecular complexity index is 853. The predicted octanol–water partition coefficient (Wildman–Crippen LogP) is 3.53. The van der Waals surface area contributed by atoms with Gasteiger partial charge in [0, 0.05) is 24.6 Å². The van der Waals surface area contributed by atoms with Crippen LogP contribution in [0.4, 0.5) is 0 Å². The van der Waals surface area contributed by atoms with Crippen molar-refractivity contribution < 1.29 is 19.1 Å². The topological polar surface area (TPSA) is 63.7 Å². The van der Waals surface area contributed by atoms with Gasteiger partial charge in [-0.05, 0) is 36.5 Å². The molecule has 1 atom stereocenters. The van der Waals surface area contributed by atoms with Gasteiger partial charge in [0.25, 0.3) is 11.8 Å². The summed E-state index contributed by atoms with van der Waals surface area (Å²) in [6.07, 6.45) is 3.58. The van der Waals surface area contributed by atoms with Crippen molar-refractivity contribution in [3.05, 3.63) is 72.3 Å². The first kappa shape index (κ1) is 19.5. The lowest BCUT2D eigenvalue weighted by Crippen LogP contribution is -2.41. The number of ether oxygens (including phenoxy) is 1. The largest absolute Gasteiger partial charge is 0.466 e. The highest BCUT2D eigenvalue weighted by molar-refractivity contribution is 6.13. The van der Waals surface area contributed by atoms with E-state index >= 15 is 0 Å². The average molecular weight is 377 g/mol. The Kier molecular flexibility index (Phi) is 6.37. The van der Waals surface area contributed by atoms with E-state index in [0.717, 1.165) is 16.7 Å². The third kappa shape index (κ3) is 4.74. The van der Waals surface area contributed by atoms with Gasteiger partial charge in [0.05, 0.1) is 6.61 Å². The highest BCUT2D eigenvalue weighted by Crippen LogP contribution is 2.22. The number of rotatable bonds is 8. The first-order chi connectivity index (χ1) is 13.6. The molecule has 0 unspecified atom stereocenters. The Labute approximate surface area is 164 Å². The average Bonchev–Trinajstić information content (AvgIpc) is 3.05. The SMILES string of the molecule is CCOC(=O)CC[C@@H](Cc1ccc(-c2ccccc2)cc1)N1C(=O)C=CC1=O. The van der Waals surface area contributed by atoms with Gasteiger partial charge in [-0.25, -0.2) is 0 Å². The Balaban J connectivity index is 1.74. The number of nitrogens with zero attached hydrogens (tertiary/aromatic N) is 1. The van der Waals surface area contributed by atoms with Crippen molar-refractivity contribution in [2.45, 2.75) is 32.2 Å². The fourth-order valence-electron chi connectivity index (χ4n) is 3.35. The fraction of sp³-hybridized carbons (Fsp3) is 0.261. The van der Waals surface area contributed by atoms with E-state index in [-0.39, 0.29) is 30.2 Å². The smallest absolute Gasteiger partial charge is 0.305 e. The third-order valence-corrected chi connectivity index (χ3v) is 4.73. The van der Waals surface area contributed by atoms with Crippen LogP contribution in [-0.4, -0.2) is 35.3 Å². The molecular weight excluding hydrogens is 354 g/mol. The number of imide groups is 1. The molecule has 1 aliphatic rings. The van der Waals surface area contributed by atoms with Gasteiger partial charge in [-0.2, -0.15) is 0 Å². The number of carbonyl (C=O) groups is 3. The molecule has 3 rings (SSSR count). The van der Waals surface area contributed by atoms with Crippen LogP contribution in [0.25, 0.3) is 11.1 Å².